The molecule has 0 radical (unpaired) electrons. The average molecular weight is 283 g/mol. The zero-order valence-electron chi connectivity index (χ0n) is 11.6. The molecule has 3 aromatic rings. The van der Waals surface area contributed by atoms with Gasteiger partial charge in [-0.05, 0) is 48.9 Å². The van der Waals surface area contributed by atoms with Gasteiger partial charge < -0.3 is 9.84 Å². The van der Waals surface area contributed by atoms with Crippen molar-refractivity contribution in [2.45, 2.75) is 6.92 Å². The molecule has 3 rings (SSSR count). The summed E-state index contributed by atoms with van der Waals surface area (Å²) in [5.74, 6) is -0.178. The minimum atomic E-state index is -0.980. The molecular formula is C15H13N3O3. The van der Waals surface area contributed by atoms with Crippen LogP contribution in [0.2, 0.25) is 0 Å². The van der Waals surface area contributed by atoms with Gasteiger partial charge in [-0.1, -0.05) is 5.21 Å². The predicted molar refractivity (Wildman–Crippen MR) is 77.1 cm³/mol. The number of carbonyl (C=O) groups is 1. The van der Waals surface area contributed by atoms with E-state index in [-0.39, 0.29) is 5.56 Å². The molecule has 0 saturated heterocycles. The topological polar surface area (TPSA) is 77.2 Å². The molecule has 1 N–H and O–H groups in total. The van der Waals surface area contributed by atoms with E-state index < -0.39 is 5.97 Å². The lowest BCUT2D eigenvalue weighted by molar-refractivity contribution is 0.0697. The van der Waals surface area contributed by atoms with Crippen LogP contribution < -0.4 is 4.74 Å². The van der Waals surface area contributed by atoms with E-state index >= 15 is 0 Å². The third kappa shape index (κ3) is 2.20. The Bertz CT molecular complexity index is 839. The fraction of sp³-hybridized carbons (Fsp3) is 0.133. The van der Waals surface area contributed by atoms with Crippen molar-refractivity contribution in [2.75, 3.05) is 7.11 Å². The summed E-state index contributed by atoms with van der Waals surface area (Å²) in [6, 6.07) is 10.4. The summed E-state index contributed by atoms with van der Waals surface area (Å²) in [7, 11) is 1.63. The van der Waals surface area contributed by atoms with Crippen LogP contribution in [0.5, 0.6) is 5.75 Å². The first kappa shape index (κ1) is 13.1. The van der Waals surface area contributed by atoms with Crippen LogP contribution in [-0.4, -0.2) is 33.2 Å². The number of hydrogen-bond donors (Lipinski definition) is 1. The number of aryl methyl sites for hydroxylation is 1. The van der Waals surface area contributed by atoms with Crippen LogP contribution in [0.15, 0.2) is 36.4 Å². The number of carboxylic acid groups (broad SMARTS) is 1. The SMILES string of the molecule is COc1ccc(-n2nnc3cc(C(=O)O)ccc32)cc1C. The summed E-state index contributed by atoms with van der Waals surface area (Å²) in [6.07, 6.45) is 0. The molecule has 0 aliphatic rings. The van der Waals surface area contributed by atoms with E-state index in [1.165, 1.54) is 6.07 Å². The fourth-order valence-corrected chi connectivity index (χ4v) is 2.24. The minimum absolute atomic E-state index is 0.195. The number of benzene rings is 2. The first-order chi connectivity index (χ1) is 10.1. The van der Waals surface area contributed by atoms with E-state index in [0.29, 0.717) is 5.52 Å². The highest BCUT2D eigenvalue weighted by atomic mass is 16.5. The smallest absolute Gasteiger partial charge is 0.335 e. The second-order valence-corrected chi connectivity index (χ2v) is 4.66. The van der Waals surface area contributed by atoms with Crippen molar-refractivity contribution in [1.82, 2.24) is 15.0 Å². The molecule has 1 aromatic heterocycles. The molecule has 1 heterocycles. The van der Waals surface area contributed by atoms with Crippen LogP contribution in [0.25, 0.3) is 16.7 Å². The number of nitrogens with zero attached hydrogens (tertiary/aromatic N) is 3. The highest BCUT2D eigenvalue weighted by Gasteiger charge is 2.11. The summed E-state index contributed by atoms with van der Waals surface area (Å²) in [5, 5.41) is 17.1. The maximum Gasteiger partial charge on any atom is 0.335 e. The Morgan fingerprint density at radius 2 is 2.05 bits per heavy atom. The minimum Gasteiger partial charge on any atom is -0.496 e. The van der Waals surface area contributed by atoms with Gasteiger partial charge in [0, 0.05) is 0 Å². The van der Waals surface area contributed by atoms with E-state index in [9.17, 15) is 4.79 Å². The number of fused-ring (bicyclic) bond motifs is 1. The van der Waals surface area contributed by atoms with Crippen molar-refractivity contribution < 1.29 is 14.6 Å². The fourth-order valence-electron chi connectivity index (χ4n) is 2.24. The number of carboxylic acids is 1. The predicted octanol–water partition coefficient (Wildman–Crippen LogP) is 2.44. The van der Waals surface area contributed by atoms with Crippen LogP contribution in [-0.2, 0) is 0 Å². The lowest BCUT2D eigenvalue weighted by atomic mass is 10.2. The molecule has 2 aromatic carbocycles. The number of hydrogen-bond acceptors (Lipinski definition) is 4. The Morgan fingerprint density at radius 3 is 2.71 bits per heavy atom. The van der Waals surface area contributed by atoms with Crippen molar-refractivity contribution in [3.8, 4) is 11.4 Å². The number of ether oxygens (including phenoxy) is 1. The molecule has 0 aliphatic carbocycles. The van der Waals surface area contributed by atoms with Gasteiger partial charge in [-0.25, -0.2) is 9.48 Å². The zero-order valence-corrected chi connectivity index (χ0v) is 11.6. The van der Waals surface area contributed by atoms with E-state index in [1.54, 1.807) is 23.9 Å². The lowest BCUT2D eigenvalue weighted by Crippen LogP contribution is -1.99. The first-order valence-corrected chi connectivity index (χ1v) is 6.34. The lowest BCUT2D eigenvalue weighted by Gasteiger charge is -2.07. The summed E-state index contributed by atoms with van der Waals surface area (Å²) >= 11 is 0. The van der Waals surface area contributed by atoms with E-state index in [1.807, 2.05) is 25.1 Å². The van der Waals surface area contributed by atoms with Crippen molar-refractivity contribution in [1.29, 1.82) is 0 Å². The first-order valence-electron chi connectivity index (χ1n) is 6.34. The Kier molecular flexibility index (Phi) is 3.06. The summed E-state index contributed by atoms with van der Waals surface area (Å²) in [5.41, 5.74) is 3.33. The van der Waals surface area contributed by atoms with Crippen LogP contribution in [0, 0.1) is 6.92 Å². The standard InChI is InChI=1S/C15H13N3O3/c1-9-7-11(4-6-14(9)21-2)18-13-5-3-10(15(19)20)8-12(13)16-17-18/h3-8H,1-2H3,(H,19,20). The molecule has 0 aliphatic heterocycles. The van der Waals surface area contributed by atoms with E-state index in [0.717, 1.165) is 22.5 Å². The second-order valence-electron chi connectivity index (χ2n) is 4.66. The largest absolute Gasteiger partial charge is 0.496 e. The number of aromatic nitrogens is 3. The van der Waals surface area contributed by atoms with Crippen molar-refractivity contribution in [3.05, 3.63) is 47.5 Å². The quantitative estimate of drug-likeness (QED) is 0.798. The van der Waals surface area contributed by atoms with Gasteiger partial charge in [0.25, 0.3) is 0 Å². The number of rotatable bonds is 3. The van der Waals surface area contributed by atoms with Crippen molar-refractivity contribution >= 4 is 17.0 Å². The molecular weight excluding hydrogens is 270 g/mol. The average Bonchev–Trinajstić information content (AvgIpc) is 2.90. The van der Waals surface area contributed by atoms with Gasteiger partial charge >= 0.3 is 5.97 Å². The van der Waals surface area contributed by atoms with Gasteiger partial charge in [-0.3, -0.25) is 0 Å². The molecule has 0 amide bonds. The van der Waals surface area contributed by atoms with Crippen LogP contribution in [0.1, 0.15) is 15.9 Å². The third-order valence-corrected chi connectivity index (χ3v) is 3.32. The second kappa shape index (κ2) is 4.90. The monoisotopic (exact) mass is 283 g/mol. The third-order valence-electron chi connectivity index (χ3n) is 3.32. The van der Waals surface area contributed by atoms with Crippen LogP contribution in [0.4, 0.5) is 0 Å². The molecule has 6 heteroatoms. The molecule has 0 fully saturated rings. The molecule has 0 atom stereocenters. The Labute approximate surface area is 120 Å². The maximum atomic E-state index is 11.0. The van der Waals surface area contributed by atoms with E-state index in [2.05, 4.69) is 10.3 Å². The highest BCUT2D eigenvalue weighted by Crippen LogP contribution is 2.23. The Hall–Kier alpha value is -2.89. The van der Waals surface area contributed by atoms with Gasteiger partial charge in [-0.2, -0.15) is 0 Å². The van der Waals surface area contributed by atoms with Gasteiger partial charge in [0.1, 0.15) is 11.3 Å². The summed E-state index contributed by atoms with van der Waals surface area (Å²) in [6.45, 7) is 1.95. The van der Waals surface area contributed by atoms with Gasteiger partial charge in [0.15, 0.2) is 0 Å². The van der Waals surface area contributed by atoms with Crippen LogP contribution in [0.3, 0.4) is 0 Å². The van der Waals surface area contributed by atoms with Gasteiger partial charge in [0.2, 0.25) is 0 Å². The molecule has 21 heavy (non-hydrogen) atoms. The molecule has 0 bridgehead atoms. The Balaban J connectivity index is 2.13. The Morgan fingerprint density at radius 1 is 1.24 bits per heavy atom. The number of methoxy groups -OCH3 is 1. The molecule has 0 unspecified atom stereocenters. The summed E-state index contributed by atoms with van der Waals surface area (Å²) < 4.78 is 6.91. The van der Waals surface area contributed by atoms with Crippen LogP contribution >= 0.6 is 0 Å². The number of aromatic carboxylic acids is 1. The van der Waals surface area contributed by atoms with Crippen molar-refractivity contribution in [2.24, 2.45) is 0 Å². The zero-order chi connectivity index (χ0) is 15.0. The molecule has 0 saturated carbocycles. The normalized spacial score (nSPS) is 10.8. The summed E-state index contributed by atoms with van der Waals surface area (Å²) in [4.78, 5) is 11.0. The van der Waals surface area contributed by atoms with Gasteiger partial charge in [0.05, 0.1) is 23.9 Å². The van der Waals surface area contributed by atoms with E-state index in [4.69, 9.17) is 9.84 Å². The molecule has 0 spiro atoms. The highest BCUT2D eigenvalue weighted by molar-refractivity contribution is 5.92. The van der Waals surface area contributed by atoms with Crippen molar-refractivity contribution in [3.63, 3.8) is 0 Å². The van der Waals surface area contributed by atoms with Gasteiger partial charge in [-0.15, -0.1) is 5.10 Å². The molecule has 106 valence electrons. The maximum absolute atomic E-state index is 11.0. The molecule has 6 nitrogen and oxygen atoms in total.